The van der Waals surface area contributed by atoms with Gasteiger partial charge in [-0.25, -0.2) is 0 Å². The van der Waals surface area contributed by atoms with Gasteiger partial charge in [-0.3, -0.25) is 4.79 Å². The highest BCUT2D eigenvalue weighted by Crippen LogP contribution is 2.40. The van der Waals surface area contributed by atoms with Crippen LogP contribution < -0.4 is 5.32 Å². The van der Waals surface area contributed by atoms with Crippen molar-refractivity contribution in [3.63, 3.8) is 0 Å². The van der Waals surface area contributed by atoms with Crippen LogP contribution in [-0.4, -0.2) is 60.9 Å². The lowest BCUT2D eigenvalue weighted by molar-refractivity contribution is -0.173. The molecule has 5 heteroatoms. The third-order valence-electron chi connectivity index (χ3n) is 6.74. The molecule has 0 aliphatic carbocycles. The van der Waals surface area contributed by atoms with Crippen LogP contribution >= 0.6 is 0 Å². The molecule has 0 bridgehead atoms. The molecule has 2 aliphatic heterocycles. The van der Waals surface area contributed by atoms with Crippen LogP contribution in [0.25, 0.3) is 0 Å². The van der Waals surface area contributed by atoms with E-state index in [0.717, 1.165) is 38.8 Å². The van der Waals surface area contributed by atoms with Gasteiger partial charge in [0.05, 0.1) is 6.61 Å². The van der Waals surface area contributed by atoms with E-state index in [1.54, 1.807) is 7.11 Å². The zero-order valence-electron chi connectivity index (χ0n) is 21.4. The van der Waals surface area contributed by atoms with Gasteiger partial charge in [-0.05, 0) is 46.5 Å². The lowest BCUT2D eigenvalue weighted by Gasteiger charge is -2.53. The Bertz CT molecular complexity index is 531. The number of methoxy groups -OCH3 is 1. The van der Waals surface area contributed by atoms with Crippen molar-refractivity contribution in [3.8, 4) is 0 Å². The molecule has 1 unspecified atom stereocenters. The van der Waals surface area contributed by atoms with E-state index in [-0.39, 0.29) is 17.0 Å². The molecule has 2 rings (SSSR count). The van der Waals surface area contributed by atoms with E-state index >= 15 is 0 Å². The zero-order valence-corrected chi connectivity index (χ0v) is 21.4. The first-order chi connectivity index (χ1) is 14.6. The number of hydrogen-bond donors (Lipinski definition) is 1. The minimum atomic E-state index is -0.745. The normalized spacial score (nSPS) is 26.8. The molecular formula is C26H50N2O3. The fourth-order valence-electron chi connectivity index (χ4n) is 6.00. The zero-order chi connectivity index (χ0) is 23.0. The predicted octanol–water partition coefficient (Wildman–Crippen LogP) is 5.32. The van der Waals surface area contributed by atoms with Gasteiger partial charge in [0.25, 0.3) is 5.91 Å². The van der Waals surface area contributed by atoms with Crippen LogP contribution in [0.3, 0.4) is 0 Å². The number of carbonyl (C=O) groups excluding carboxylic acids is 1. The Hall–Kier alpha value is -0.650. The van der Waals surface area contributed by atoms with Gasteiger partial charge >= 0.3 is 0 Å². The number of amides is 1. The first-order valence-corrected chi connectivity index (χ1v) is 12.8. The molecule has 1 amide bonds. The van der Waals surface area contributed by atoms with Gasteiger partial charge in [-0.1, -0.05) is 51.9 Å². The van der Waals surface area contributed by atoms with Crippen molar-refractivity contribution < 1.29 is 14.3 Å². The quantitative estimate of drug-likeness (QED) is 0.645. The average Bonchev–Trinajstić information content (AvgIpc) is 2.65. The van der Waals surface area contributed by atoms with E-state index in [4.69, 9.17) is 9.47 Å². The molecular weight excluding hydrogens is 388 g/mol. The highest BCUT2D eigenvalue weighted by molar-refractivity contribution is 5.86. The Kier molecular flexibility index (Phi) is 10.3. The molecule has 1 spiro atoms. The fraction of sp³-hybridized carbons (Fsp3) is 0.962. The van der Waals surface area contributed by atoms with Crippen LogP contribution in [0.1, 0.15) is 105 Å². The first-order valence-electron chi connectivity index (χ1n) is 12.8. The van der Waals surface area contributed by atoms with E-state index in [1.807, 2.05) is 0 Å². The first kappa shape index (κ1) is 26.6. The van der Waals surface area contributed by atoms with E-state index in [0.29, 0.717) is 19.1 Å². The van der Waals surface area contributed by atoms with Crippen molar-refractivity contribution in [1.82, 2.24) is 10.2 Å². The van der Waals surface area contributed by atoms with E-state index < -0.39 is 5.60 Å². The van der Waals surface area contributed by atoms with Gasteiger partial charge in [0.1, 0.15) is 5.60 Å². The van der Waals surface area contributed by atoms with Crippen molar-refractivity contribution in [1.29, 1.82) is 0 Å². The molecule has 2 fully saturated rings. The van der Waals surface area contributed by atoms with Crippen molar-refractivity contribution in [2.45, 2.75) is 122 Å². The smallest absolute Gasteiger partial charge is 0.254 e. The summed E-state index contributed by atoms with van der Waals surface area (Å²) in [6.45, 7) is 13.9. The second-order valence-electron chi connectivity index (χ2n) is 11.6. The Morgan fingerprint density at radius 2 is 1.45 bits per heavy atom. The molecule has 0 saturated carbocycles. The largest absolute Gasteiger partial charge is 0.384 e. The van der Waals surface area contributed by atoms with Crippen LogP contribution in [0.5, 0.6) is 0 Å². The topological polar surface area (TPSA) is 50.8 Å². The number of rotatable bonds is 4. The number of nitrogens with one attached hydrogen (secondary N) is 1. The van der Waals surface area contributed by atoms with E-state index in [9.17, 15) is 4.79 Å². The third kappa shape index (κ3) is 8.66. The number of carbonyl (C=O) groups is 1. The molecule has 1 N–H and O–H groups in total. The Morgan fingerprint density at radius 3 is 2.00 bits per heavy atom. The highest BCUT2D eigenvalue weighted by atomic mass is 16.5. The molecule has 0 aromatic heterocycles. The van der Waals surface area contributed by atoms with Gasteiger partial charge < -0.3 is 19.7 Å². The summed E-state index contributed by atoms with van der Waals surface area (Å²) in [5.74, 6) is 0.517. The molecule has 5 nitrogen and oxygen atoms in total. The molecule has 1 atom stereocenters. The molecule has 0 aromatic carbocycles. The molecule has 2 saturated heterocycles. The number of piperidine rings is 1. The highest BCUT2D eigenvalue weighted by Gasteiger charge is 2.53. The van der Waals surface area contributed by atoms with Gasteiger partial charge in [0.2, 0.25) is 0 Å². The summed E-state index contributed by atoms with van der Waals surface area (Å²) < 4.78 is 12.0. The standard InChI is InChI=1S/C26H50N2O3/c1-22(19-30-6)18-28-16-14-12-10-8-7-9-11-13-15-17-31-26(23(28)29)20-24(2,3)27-25(4,5)21-26/h22,27H,7-21H2,1-6H3. The number of hydrogen-bond acceptors (Lipinski definition) is 4. The summed E-state index contributed by atoms with van der Waals surface area (Å²) in [6, 6.07) is 0. The summed E-state index contributed by atoms with van der Waals surface area (Å²) in [5, 5.41) is 3.74. The van der Waals surface area contributed by atoms with Crippen LogP contribution in [-0.2, 0) is 14.3 Å². The van der Waals surface area contributed by atoms with E-state index in [1.165, 1.54) is 44.9 Å². The van der Waals surface area contributed by atoms with Gasteiger partial charge in [-0.15, -0.1) is 0 Å². The fourth-order valence-corrected chi connectivity index (χ4v) is 6.00. The maximum Gasteiger partial charge on any atom is 0.254 e. The van der Waals surface area contributed by atoms with Gasteiger partial charge in [-0.2, -0.15) is 0 Å². The SMILES string of the molecule is COCC(C)CN1CCCCCCCCCCCOC2(CC(C)(C)NC(C)(C)C2)C1=O. The summed E-state index contributed by atoms with van der Waals surface area (Å²) >= 11 is 0. The van der Waals surface area contributed by atoms with Crippen LogP contribution in [0.2, 0.25) is 0 Å². The minimum absolute atomic E-state index is 0.149. The maximum atomic E-state index is 14.2. The summed E-state index contributed by atoms with van der Waals surface area (Å²) in [6.07, 6.45) is 12.5. The summed E-state index contributed by atoms with van der Waals surface area (Å²) in [5.41, 5.74) is -1.04. The molecule has 2 aliphatic rings. The monoisotopic (exact) mass is 438 g/mol. The Labute approximate surface area is 192 Å². The van der Waals surface area contributed by atoms with Crippen molar-refractivity contribution in [2.24, 2.45) is 5.92 Å². The second-order valence-corrected chi connectivity index (χ2v) is 11.6. The van der Waals surface area contributed by atoms with Gasteiger partial charge in [0.15, 0.2) is 0 Å². The average molecular weight is 439 g/mol. The predicted molar refractivity (Wildman–Crippen MR) is 128 cm³/mol. The van der Waals surface area contributed by atoms with Crippen LogP contribution in [0.4, 0.5) is 0 Å². The van der Waals surface area contributed by atoms with Crippen molar-refractivity contribution >= 4 is 5.91 Å². The summed E-state index contributed by atoms with van der Waals surface area (Å²) in [7, 11) is 1.74. The lowest BCUT2D eigenvalue weighted by atomic mass is 9.72. The van der Waals surface area contributed by atoms with Crippen LogP contribution in [0.15, 0.2) is 0 Å². The van der Waals surface area contributed by atoms with Crippen LogP contribution in [0, 0.1) is 5.92 Å². The minimum Gasteiger partial charge on any atom is -0.384 e. The summed E-state index contributed by atoms with van der Waals surface area (Å²) in [4.78, 5) is 16.3. The van der Waals surface area contributed by atoms with Crippen molar-refractivity contribution in [3.05, 3.63) is 0 Å². The van der Waals surface area contributed by atoms with Crippen molar-refractivity contribution in [2.75, 3.05) is 33.4 Å². The Balaban J connectivity index is 2.30. The molecule has 0 radical (unpaired) electrons. The number of ether oxygens (including phenoxy) is 2. The maximum absolute atomic E-state index is 14.2. The Morgan fingerprint density at radius 1 is 0.935 bits per heavy atom. The second kappa shape index (κ2) is 12.0. The lowest BCUT2D eigenvalue weighted by Crippen LogP contribution is -2.68. The van der Waals surface area contributed by atoms with Gasteiger partial charge in [0, 0.05) is 50.7 Å². The molecule has 182 valence electrons. The third-order valence-corrected chi connectivity index (χ3v) is 6.74. The molecule has 0 aromatic rings. The molecule has 2 heterocycles. The van der Waals surface area contributed by atoms with E-state index in [2.05, 4.69) is 44.8 Å². The number of nitrogens with zero attached hydrogens (tertiary/aromatic N) is 1. The molecule has 31 heavy (non-hydrogen) atoms.